The Hall–Kier alpha value is -2.43. The molecule has 98 valence electrons. The van der Waals surface area contributed by atoms with Gasteiger partial charge in [-0.1, -0.05) is 30.3 Å². The van der Waals surface area contributed by atoms with E-state index >= 15 is 0 Å². The molecule has 5 heteroatoms. The van der Waals surface area contributed by atoms with Gasteiger partial charge in [0, 0.05) is 12.6 Å². The van der Waals surface area contributed by atoms with Crippen molar-refractivity contribution in [2.75, 3.05) is 0 Å². The maximum Gasteiger partial charge on any atom is 0.267 e. The van der Waals surface area contributed by atoms with Crippen molar-refractivity contribution in [3.8, 4) is 0 Å². The highest BCUT2D eigenvalue weighted by atomic mass is 16.2. The SMILES string of the molecule is Cc1ccc(=O)n(CC(=O)NCc2ccccc2)n1. The number of nitrogens with zero attached hydrogens (tertiary/aromatic N) is 2. The van der Waals surface area contributed by atoms with Crippen LogP contribution >= 0.6 is 0 Å². The molecular weight excluding hydrogens is 242 g/mol. The molecule has 0 saturated heterocycles. The Morgan fingerprint density at radius 2 is 1.95 bits per heavy atom. The fourth-order valence-corrected chi connectivity index (χ4v) is 1.65. The topological polar surface area (TPSA) is 64.0 Å². The fourth-order valence-electron chi connectivity index (χ4n) is 1.65. The molecule has 2 rings (SSSR count). The first-order chi connectivity index (χ1) is 9.15. The number of amides is 1. The van der Waals surface area contributed by atoms with Crippen molar-refractivity contribution in [3.63, 3.8) is 0 Å². The summed E-state index contributed by atoms with van der Waals surface area (Å²) in [5.74, 6) is -0.232. The molecule has 0 unspecified atom stereocenters. The molecule has 0 aliphatic heterocycles. The van der Waals surface area contributed by atoms with Gasteiger partial charge in [0.15, 0.2) is 0 Å². The van der Waals surface area contributed by atoms with E-state index in [4.69, 9.17) is 0 Å². The predicted octanol–water partition coefficient (Wildman–Crippen LogP) is 0.868. The van der Waals surface area contributed by atoms with Crippen LogP contribution in [0.4, 0.5) is 0 Å². The Kier molecular flexibility index (Phi) is 4.07. The average molecular weight is 257 g/mol. The Labute approximate surface area is 110 Å². The van der Waals surface area contributed by atoms with E-state index in [0.29, 0.717) is 12.2 Å². The molecule has 0 fully saturated rings. The van der Waals surface area contributed by atoms with Crippen molar-refractivity contribution in [3.05, 3.63) is 64.1 Å². The summed E-state index contributed by atoms with van der Waals surface area (Å²) in [6, 6.07) is 12.6. The molecule has 1 N–H and O–H groups in total. The van der Waals surface area contributed by atoms with Gasteiger partial charge in [0.25, 0.3) is 5.56 Å². The molecular formula is C14H15N3O2. The monoisotopic (exact) mass is 257 g/mol. The van der Waals surface area contributed by atoms with Gasteiger partial charge in [-0.05, 0) is 18.6 Å². The smallest absolute Gasteiger partial charge is 0.267 e. The van der Waals surface area contributed by atoms with Crippen LogP contribution < -0.4 is 10.9 Å². The number of benzene rings is 1. The van der Waals surface area contributed by atoms with Crippen LogP contribution in [0.25, 0.3) is 0 Å². The molecule has 1 amide bonds. The van der Waals surface area contributed by atoms with Gasteiger partial charge in [0.2, 0.25) is 5.91 Å². The third kappa shape index (κ3) is 3.77. The number of carbonyl (C=O) groups excluding carboxylic acids is 1. The second-order valence-electron chi connectivity index (χ2n) is 4.23. The highest BCUT2D eigenvalue weighted by Crippen LogP contribution is 1.97. The van der Waals surface area contributed by atoms with Crippen LogP contribution in [0.15, 0.2) is 47.3 Å². The summed E-state index contributed by atoms with van der Waals surface area (Å²) >= 11 is 0. The summed E-state index contributed by atoms with van der Waals surface area (Å²) in [5.41, 5.74) is 1.44. The van der Waals surface area contributed by atoms with E-state index in [9.17, 15) is 9.59 Å². The first-order valence-corrected chi connectivity index (χ1v) is 6.00. The van der Waals surface area contributed by atoms with E-state index < -0.39 is 0 Å². The Balaban J connectivity index is 1.95. The molecule has 1 aromatic carbocycles. The zero-order valence-corrected chi connectivity index (χ0v) is 10.7. The molecule has 1 heterocycles. The van der Waals surface area contributed by atoms with Gasteiger partial charge in [-0.2, -0.15) is 5.10 Å². The number of rotatable bonds is 4. The second-order valence-corrected chi connectivity index (χ2v) is 4.23. The minimum Gasteiger partial charge on any atom is -0.350 e. The molecule has 0 radical (unpaired) electrons. The lowest BCUT2D eigenvalue weighted by molar-refractivity contribution is -0.122. The minimum atomic E-state index is -0.277. The average Bonchev–Trinajstić information content (AvgIpc) is 2.42. The van der Waals surface area contributed by atoms with Crippen molar-refractivity contribution in [2.24, 2.45) is 0 Å². The van der Waals surface area contributed by atoms with Crippen LogP contribution in [0, 0.1) is 6.92 Å². The summed E-state index contributed by atoms with van der Waals surface area (Å²) in [6.07, 6.45) is 0. The van der Waals surface area contributed by atoms with Gasteiger partial charge < -0.3 is 5.32 Å². The molecule has 0 aliphatic rings. The molecule has 0 saturated carbocycles. The van der Waals surface area contributed by atoms with Gasteiger partial charge in [-0.15, -0.1) is 0 Å². The van der Waals surface area contributed by atoms with Crippen LogP contribution in [0.5, 0.6) is 0 Å². The van der Waals surface area contributed by atoms with Crippen molar-refractivity contribution < 1.29 is 4.79 Å². The van der Waals surface area contributed by atoms with Gasteiger partial charge in [-0.25, -0.2) is 4.68 Å². The maximum absolute atomic E-state index is 11.7. The second kappa shape index (κ2) is 5.95. The molecule has 5 nitrogen and oxygen atoms in total. The molecule has 0 aliphatic carbocycles. The molecule has 19 heavy (non-hydrogen) atoms. The molecule has 0 atom stereocenters. The van der Waals surface area contributed by atoms with Crippen molar-refractivity contribution in [2.45, 2.75) is 20.0 Å². The fraction of sp³-hybridized carbons (Fsp3) is 0.214. The summed E-state index contributed by atoms with van der Waals surface area (Å²) in [5, 5.41) is 6.77. The zero-order valence-electron chi connectivity index (χ0n) is 10.7. The Morgan fingerprint density at radius 1 is 1.21 bits per heavy atom. The summed E-state index contributed by atoms with van der Waals surface area (Å²) in [4.78, 5) is 23.2. The summed E-state index contributed by atoms with van der Waals surface area (Å²) < 4.78 is 1.16. The standard InChI is InChI=1S/C14H15N3O2/c1-11-7-8-14(19)17(16-11)10-13(18)15-9-12-5-3-2-4-6-12/h2-8H,9-10H2,1H3,(H,15,18). The maximum atomic E-state index is 11.7. The predicted molar refractivity (Wildman–Crippen MR) is 71.5 cm³/mol. The Bertz CT molecular complexity index is 620. The molecule has 0 spiro atoms. The van der Waals surface area contributed by atoms with E-state index in [1.54, 1.807) is 13.0 Å². The van der Waals surface area contributed by atoms with Gasteiger partial charge in [-0.3, -0.25) is 9.59 Å². The quantitative estimate of drug-likeness (QED) is 0.884. The first kappa shape index (κ1) is 13.0. The number of carbonyl (C=O) groups is 1. The lowest BCUT2D eigenvalue weighted by Crippen LogP contribution is -2.33. The summed E-state index contributed by atoms with van der Waals surface area (Å²) in [7, 11) is 0. The number of aromatic nitrogens is 2. The number of hydrogen-bond donors (Lipinski definition) is 1. The number of nitrogens with one attached hydrogen (secondary N) is 1. The van der Waals surface area contributed by atoms with Crippen molar-refractivity contribution in [1.29, 1.82) is 0 Å². The van der Waals surface area contributed by atoms with Gasteiger partial charge >= 0.3 is 0 Å². The third-order valence-corrected chi connectivity index (χ3v) is 2.63. The van der Waals surface area contributed by atoms with Gasteiger partial charge in [0.05, 0.1) is 5.69 Å². The first-order valence-electron chi connectivity index (χ1n) is 6.00. The molecule has 2 aromatic rings. The zero-order chi connectivity index (χ0) is 13.7. The molecule has 0 bridgehead atoms. The highest BCUT2D eigenvalue weighted by Gasteiger charge is 2.05. The summed E-state index contributed by atoms with van der Waals surface area (Å²) in [6.45, 7) is 2.16. The van der Waals surface area contributed by atoms with Crippen LogP contribution in [0.1, 0.15) is 11.3 Å². The van der Waals surface area contributed by atoms with E-state index in [-0.39, 0.29) is 18.0 Å². The van der Waals surface area contributed by atoms with E-state index in [0.717, 1.165) is 10.2 Å². The van der Waals surface area contributed by atoms with Crippen molar-refractivity contribution >= 4 is 5.91 Å². The van der Waals surface area contributed by atoms with E-state index in [1.807, 2.05) is 30.3 Å². The third-order valence-electron chi connectivity index (χ3n) is 2.63. The number of aryl methyl sites for hydroxylation is 1. The van der Waals surface area contributed by atoms with Crippen LogP contribution in [-0.2, 0) is 17.9 Å². The number of hydrogen-bond acceptors (Lipinski definition) is 3. The van der Waals surface area contributed by atoms with Gasteiger partial charge in [0.1, 0.15) is 6.54 Å². The lowest BCUT2D eigenvalue weighted by atomic mass is 10.2. The lowest BCUT2D eigenvalue weighted by Gasteiger charge is -2.07. The van der Waals surface area contributed by atoms with E-state index in [2.05, 4.69) is 10.4 Å². The minimum absolute atomic E-state index is 0.0622. The largest absolute Gasteiger partial charge is 0.350 e. The Morgan fingerprint density at radius 3 is 2.68 bits per heavy atom. The molecule has 1 aromatic heterocycles. The van der Waals surface area contributed by atoms with Crippen LogP contribution in [0.2, 0.25) is 0 Å². The van der Waals surface area contributed by atoms with Crippen LogP contribution in [-0.4, -0.2) is 15.7 Å². The van der Waals surface area contributed by atoms with Crippen molar-refractivity contribution in [1.82, 2.24) is 15.1 Å². The highest BCUT2D eigenvalue weighted by molar-refractivity contribution is 5.75. The normalized spacial score (nSPS) is 10.2. The van der Waals surface area contributed by atoms with E-state index in [1.165, 1.54) is 6.07 Å². The van der Waals surface area contributed by atoms with Crippen LogP contribution in [0.3, 0.4) is 0 Å².